The Hall–Kier alpha value is -3.07. The fourth-order valence-corrected chi connectivity index (χ4v) is 4.41. The van der Waals surface area contributed by atoms with E-state index in [9.17, 15) is 4.79 Å². The number of carbonyl (C=O) groups is 1. The van der Waals surface area contributed by atoms with E-state index in [0.717, 1.165) is 56.3 Å². The third kappa shape index (κ3) is 3.60. The van der Waals surface area contributed by atoms with Crippen molar-refractivity contribution in [2.24, 2.45) is 0 Å². The molecule has 0 aliphatic carbocycles. The lowest BCUT2D eigenvalue weighted by Crippen LogP contribution is -2.43. The standard InChI is InChI=1S/C24H24N2O6/c27-23-17-2-4-19-18(13-26(14-29-19)6-5-25-7-9-28-10-8-25)24(17)32-22(23)12-16-1-3-20-21(11-16)31-15-30-20/h1-4,11-12H,5-10,13-15H2/b22-12-. The molecular formula is C24H24N2O6. The maximum absolute atomic E-state index is 13.0. The molecule has 8 nitrogen and oxygen atoms in total. The van der Waals surface area contributed by atoms with Gasteiger partial charge in [-0.3, -0.25) is 14.6 Å². The van der Waals surface area contributed by atoms with Crippen LogP contribution in [0.25, 0.3) is 6.08 Å². The molecule has 166 valence electrons. The van der Waals surface area contributed by atoms with Crippen LogP contribution < -0.4 is 18.9 Å². The highest BCUT2D eigenvalue weighted by Gasteiger charge is 2.33. The third-order valence-corrected chi connectivity index (χ3v) is 6.21. The Bertz CT molecular complexity index is 1090. The number of nitrogens with zero attached hydrogens (tertiary/aromatic N) is 2. The highest BCUT2D eigenvalue weighted by molar-refractivity contribution is 6.15. The monoisotopic (exact) mass is 436 g/mol. The summed E-state index contributed by atoms with van der Waals surface area (Å²) in [6, 6.07) is 9.23. The number of hydrogen-bond acceptors (Lipinski definition) is 8. The number of Topliss-reactive ketones (excluding diaryl/α,β-unsaturated/α-hetero) is 1. The van der Waals surface area contributed by atoms with Crippen LogP contribution in [0.3, 0.4) is 0 Å². The van der Waals surface area contributed by atoms with Crippen LogP contribution in [0, 0.1) is 0 Å². The molecule has 0 aromatic heterocycles. The van der Waals surface area contributed by atoms with Crippen LogP contribution in [-0.2, 0) is 11.3 Å². The molecule has 1 fully saturated rings. The van der Waals surface area contributed by atoms with Crippen molar-refractivity contribution in [1.29, 1.82) is 0 Å². The summed E-state index contributed by atoms with van der Waals surface area (Å²) in [5, 5.41) is 0. The quantitative estimate of drug-likeness (QED) is 0.678. The molecule has 0 bridgehead atoms. The molecule has 0 amide bonds. The van der Waals surface area contributed by atoms with E-state index in [1.807, 2.05) is 24.3 Å². The van der Waals surface area contributed by atoms with Gasteiger partial charge in [0.25, 0.3) is 0 Å². The summed E-state index contributed by atoms with van der Waals surface area (Å²) < 4.78 is 28.3. The van der Waals surface area contributed by atoms with Crippen LogP contribution in [0.4, 0.5) is 0 Å². The summed E-state index contributed by atoms with van der Waals surface area (Å²) in [6.45, 7) is 6.80. The Morgan fingerprint density at radius 2 is 1.72 bits per heavy atom. The minimum Gasteiger partial charge on any atom is -0.478 e. The van der Waals surface area contributed by atoms with E-state index in [2.05, 4.69) is 9.80 Å². The number of hydrogen-bond donors (Lipinski definition) is 0. The number of carbonyl (C=O) groups excluding carboxylic acids is 1. The minimum atomic E-state index is -0.120. The Labute approximate surface area is 185 Å². The number of rotatable bonds is 4. The second kappa shape index (κ2) is 8.12. The highest BCUT2D eigenvalue weighted by Crippen LogP contribution is 2.42. The van der Waals surface area contributed by atoms with Crippen LogP contribution in [0.15, 0.2) is 36.1 Å². The summed E-state index contributed by atoms with van der Waals surface area (Å²) in [6.07, 6.45) is 1.75. The van der Waals surface area contributed by atoms with E-state index in [1.54, 1.807) is 12.1 Å². The van der Waals surface area contributed by atoms with Crippen LogP contribution in [0.2, 0.25) is 0 Å². The molecule has 32 heavy (non-hydrogen) atoms. The van der Waals surface area contributed by atoms with Gasteiger partial charge >= 0.3 is 0 Å². The van der Waals surface area contributed by atoms with Crippen molar-refractivity contribution >= 4 is 11.9 Å². The molecule has 4 aliphatic heterocycles. The van der Waals surface area contributed by atoms with Gasteiger partial charge in [-0.15, -0.1) is 0 Å². The summed E-state index contributed by atoms with van der Waals surface area (Å²) in [5.74, 6) is 2.95. The lowest BCUT2D eigenvalue weighted by Gasteiger charge is -2.33. The van der Waals surface area contributed by atoms with Crippen molar-refractivity contribution in [3.8, 4) is 23.0 Å². The fraction of sp³-hybridized carbons (Fsp3) is 0.375. The number of morpholine rings is 1. The zero-order valence-electron chi connectivity index (χ0n) is 17.7. The van der Waals surface area contributed by atoms with E-state index in [1.165, 1.54) is 0 Å². The van der Waals surface area contributed by atoms with Gasteiger partial charge in [0.15, 0.2) is 17.3 Å². The Morgan fingerprint density at radius 1 is 0.906 bits per heavy atom. The molecule has 0 spiro atoms. The first-order valence-corrected chi connectivity index (χ1v) is 10.9. The maximum Gasteiger partial charge on any atom is 0.231 e. The van der Waals surface area contributed by atoms with Gasteiger partial charge in [0.1, 0.15) is 18.2 Å². The normalized spacial score (nSPS) is 21.2. The molecule has 0 saturated carbocycles. The van der Waals surface area contributed by atoms with Crippen LogP contribution >= 0.6 is 0 Å². The average molecular weight is 436 g/mol. The zero-order chi connectivity index (χ0) is 21.5. The first-order chi connectivity index (χ1) is 15.7. The van der Waals surface area contributed by atoms with Crippen LogP contribution in [-0.4, -0.2) is 68.5 Å². The van der Waals surface area contributed by atoms with E-state index in [4.69, 9.17) is 23.7 Å². The molecule has 2 aromatic carbocycles. The van der Waals surface area contributed by atoms with Gasteiger partial charge in [0.2, 0.25) is 12.6 Å². The number of ether oxygens (including phenoxy) is 5. The van der Waals surface area contributed by atoms with Crippen molar-refractivity contribution in [2.45, 2.75) is 6.54 Å². The fourth-order valence-electron chi connectivity index (χ4n) is 4.41. The number of allylic oxidation sites excluding steroid dienone is 1. The second-order valence-corrected chi connectivity index (χ2v) is 8.25. The predicted molar refractivity (Wildman–Crippen MR) is 115 cm³/mol. The minimum absolute atomic E-state index is 0.120. The SMILES string of the molecule is O=C1/C(=C/c2ccc3c(c2)OCO3)Oc2c1ccc1c2CN(CCN2CCOCC2)CO1. The molecular weight excluding hydrogens is 412 g/mol. The van der Waals surface area contributed by atoms with Gasteiger partial charge in [-0.1, -0.05) is 6.07 Å². The van der Waals surface area contributed by atoms with Gasteiger partial charge in [-0.2, -0.15) is 0 Å². The van der Waals surface area contributed by atoms with Gasteiger partial charge in [-0.05, 0) is 35.9 Å². The smallest absolute Gasteiger partial charge is 0.231 e. The molecule has 8 heteroatoms. The molecule has 4 aliphatic rings. The second-order valence-electron chi connectivity index (χ2n) is 8.25. The van der Waals surface area contributed by atoms with Crippen molar-refractivity contribution < 1.29 is 28.5 Å². The zero-order valence-corrected chi connectivity index (χ0v) is 17.7. The van der Waals surface area contributed by atoms with Gasteiger partial charge in [0.05, 0.1) is 24.3 Å². The summed E-state index contributed by atoms with van der Waals surface area (Å²) in [7, 11) is 0. The third-order valence-electron chi connectivity index (χ3n) is 6.21. The Kier molecular flexibility index (Phi) is 4.98. The topological polar surface area (TPSA) is 69.7 Å². The van der Waals surface area contributed by atoms with E-state index in [-0.39, 0.29) is 12.6 Å². The lowest BCUT2D eigenvalue weighted by atomic mass is 10.0. The van der Waals surface area contributed by atoms with Crippen molar-refractivity contribution in [3.63, 3.8) is 0 Å². The molecule has 0 unspecified atom stereocenters. The Balaban J connectivity index is 1.20. The lowest BCUT2D eigenvalue weighted by molar-refractivity contribution is 0.0239. The first-order valence-electron chi connectivity index (χ1n) is 10.9. The molecule has 0 atom stereocenters. The highest BCUT2D eigenvalue weighted by atomic mass is 16.7. The molecule has 0 radical (unpaired) electrons. The van der Waals surface area contributed by atoms with E-state index in [0.29, 0.717) is 41.8 Å². The van der Waals surface area contributed by atoms with Crippen molar-refractivity contribution in [3.05, 3.63) is 52.8 Å². The van der Waals surface area contributed by atoms with Crippen molar-refractivity contribution in [1.82, 2.24) is 9.80 Å². The number of fused-ring (bicyclic) bond motifs is 4. The Morgan fingerprint density at radius 3 is 2.62 bits per heavy atom. The average Bonchev–Trinajstić information content (AvgIpc) is 3.42. The summed E-state index contributed by atoms with van der Waals surface area (Å²) >= 11 is 0. The van der Waals surface area contributed by atoms with E-state index < -0.39 is 0 Å². The first kappa shape index (κ1) is 19.6. The van der Waals surface area contributed by atoms with Gasteiger partial charge in [-0.25, -0.2) is 0 Å². The molecule has 4 heterocycles. The predicted octanol–water partition coefficient (Wildman–Crippen LogP) is 2.52. The van der Waals surface area contributed by atoms with Crippen molar-refractivity contribution in [2.75, 3.05) is 52.9 Å². The van der Waals surface area contributed by atoms with E-state index >= 15 is 0 Å². The number of ketones is 1. The summed E-state index contributed by atoms with van der Waals surface area (Å²) in [5.41, 5.74) is 2.33. The van der Waals surface area contributed by atoms with Gasteiger partial charge < -0.3 is 23.7 Å². The van der Waals surface area contributed by atoms with Crippen LogP contribution in [0.1, 0.15) is 21.5 Å². The van der Waals surface area contributed by atoms with Gasteiger partial charge in [0, 0.05) is 32.7 Å². The van der Waals surface area contributed by atoms with Crippen LogP contribution in [0.5, 0.6) is 23.0 Å². The molecule has 6 rings (SSSR count). The summed E-state index contributed by atoms with van der Waals surface area (Å²) in [4.78, 5) is 17.7. The molecule has 2 aromatic rings. The molecule has 1 saturated heterocycles. The maximum atomic E-state index is 13.0. The number of benzene rings is 2. The largest absolute Gasteiger partial charge is 0.478 e. The molecule has 0 N–H and O–H groups in total.